The van der Waals surface area contributed by atoms with E-state index in [4.69, 9.17) is 9.63 Å². The molecule has 0 saturated heterocycles. The molecule has 1 heterocycles. The van der Waals surface area contributed by atoms with E-state index in [1.165, 1.54) is 31.7 Å². The summed E-state index contributed by atoms with van der Waals surface area (Å²) in [6.07, 6.45) is 5.39. The summed E-state index contributed by atoms with van der Waals surface area (Å²) in [6.45, 7) is 0. The number of carboxylic acid groups (broad SMARTS) is 1. The van der Waals surface area contributed by atoms with Crippen molar-refractivity contribution in [2.45, 2.75) is 31.4 Å². The summed E-state index contributed by atoms with van der Waals surface area (Å²) >= 11 is 1.80. The van der Waals surface area contributed by atoms with Gasteiger partial charge in [0.2, 0.25) is 0 Å². The van der Waals surface area contributed by atoms with Crippen LogP contribution in [0.2, 0.25) is 0 Å². The molecule has 88 valence electrons. The van der Waals surface area contributed by atoms with E-state index >= 15 is 0 Å². The molecule has 1 aromatic heterocycles. The van der Waals surface area contributed by atoms with Crippen molar-refractivity contribution in [1.82, 2.24) is 5.16 Å². The summed E-state index contributed by atoms with van der Waals surface area (Å²) in [5, 5.41) is 12.1. The molecule has 0 aliphatic heterocycles. The Morgan fingerprint density at radius 3 is 2.94 bits per heavy atom. The van der Waals surface area contributed by atoms with E-state index in [2.05, 4.69) is 5.16 Å². The van der Waals surface area contributed by atoms with Crippen LogP contribution in [0.3, 0.4) is 0 Å². The summed E-state index contributed by atoms with van der Waals surface area (Å²) in [7, 11) is 0. The van der Waals surface area contributed by atoms with Gasteiger partial charge in [0.05, 0.1) is 5.75 Å². The van der Waals surface area contributed by atoms with Gasteiger partial charge in [0.1, 0.15) is 5.76 Å². The average Bonchev–Trinajstić information content (AvgIpc) is 2.87. The van der Waals surface area contributed by atoms with Crippen molar-refractivity contribution < 1.29 is 14.4 Å². The highest BCUT2D eigenvalue weighted by atomic mass is 32.2. The number of aromatic carboxylic acids is 1. The molecule has 4 nitrogen and oxygen atoms in total. The van der Waals surface area contributed by atoms with Gasteiger partial charge >= 0.3 is 5.97 Å². The number of thioether (sulfide) groups is 1. The molecule has 1 aromatic rings. The minimum Gasteiger partial charge on any atom is -0.476 e. The first-order valence-corrected chi connectivity index (χ1v) is 6.68. The standard InChI is InChI=1S/C11H15NO3S/c13-11(14)10-5-9(15-12-10)7-16-6-8-3-1-2-4-8/h5,8H,1-4,6-7H2,(H,13,14). The third kappa shape index (κ3) is 3.01. The normalized spacial score (nSPS) is 16.8. The lowest BCUT2D eigenvalue weighted by Crippen LogP contribution is -1.96. The highest BCUT2D eigenvalue weighted by molar-refractivity contribution is 7.98. The molecule has 0 radical (unpaired) electrons. The van der Waals surface area contributed by atoms with E-state index in [-0.39, 0.29) is 5.69 Å². The Kier molecular flexibility index (Phi) is 3.88. The molecular formula is C11H15NO3S. The van der Waals surface area contributed by atoms with Gasteiger partial charge in [-0.1, -0.05) is 18.0 Å². The number of carboxylic acids is 1. The Morgan fingerprint density at radius 2 is 2.31 bits per heavy atom. The van der Waals surface area contributed by atoms with E-state index in [1.807, 2.05) is 0 Å². The quantitative estimate of drug-likeness (QED) is 0.858. The molecule has 1 fully saturated rings. The van der Waals surface area contributed by atoms with Crippen LogP contribution in [0.1, 0.15) is 41.9 Å². The monoisotopic (exact) mass is 241 g/mol. The second-order valence-corrected chi connectivity index (χ2v) is 5.18. The molecule has 0 unspecified atom stereocenters. The predicted octanol–water partition coefficient (Wildman–Crippen LogP) is 2.80. The molecule has 2 rings (SSSR count). The Morgan fingerprint density at radius 1 is 1.56 bits per heavy atom. The van der Waals surface area contributed by atoms with Gasteiger partial charge in [0, 0.05) is 6.07 Å². The van der Waals surface area contributed by atoms with Crippen LogP contribution in [0.15, 0.2) is 10.6 Å². The average molecular weight is 241 g/mol. The van der Waals surface area contributed by atoms with Crippen LogP contribution in [0.25, 0.3) is 0 Å². The molecule has 1 aliphatic rings. The van der Waals surface area contributed by atoms with Gasteiger partial charge in [-0.3, -0.25) is 0 Å². The van der Waals surface area contributed by atoms with Gasteiger partial charge < -0.3 is 9.63 Å². The lowest BCUT2D eigenvalue weighted by Gasteiger charge is -2.06. The van der Waals surface area contributed by atoms with E-state index in [1.54, 1.807) is 11.8 Å². The van der Waals surface area contributed by atoms with Gasteiger partial charge in [-0.25, -0.2) is 4.79 Å². The highest BCUT2D eigenvalue weighted by Gasteiger charge is 2.15. The van der Waals surface area contributed by atoms with Gasteiger partial charge in [-0.2, -0.15) is 11.8 Å². The molecule has 0 bridgehead atoms. The van der Waals surface area contributed by atoms with E-state index in [0.717, 1.165) is 17.4 Å². The van der Waals surface area contributed by atoms with Crippen molar-refractivity contribution in [2.24, 2.45) is 5.92 Å². The number of rotatable bonds is 5. The van der Waals surface area contributed by atoms with E-state index in [0.29, 0.717) is 5.76 Å². The Balaban J connectivity index is 1.74. The summed E-state index contributed by atoms with van der Waals surface area (Å²) in [4.78, 5) is 10.6. The molecule has 0 spiro atoms. The second kappa shape index (κ2) is 5.39. The number of aromatic nitrogens is 1. The maximum absolute atomic E-state index is 10.6. The van der Waals surface area contributed by atoms with Gasteiger partial charge in [-0.15, -0.1) is 0 Å². The Bertz CT molecular complexity index is 358. The van der Waals surface area contributed by atoms with Crippen LogP contribution >= 0.6 is 11.8 Å². The van der Waals surface area contributed by atoms with E-state index < -0.39 is 5.97 Å². The van der Waals surface area contributed by atoms with Crippen LogP contribution in [0.5, 0.6) is 0 Å². The van der Waals surface area contributed by atoms with Crippen LogP contribution in [0.4, 0.5) is 0 Å². The third-order valence-electron chi connectivity index (χ3n) is 2.85. The highest BCUT2D eigenvalue weighted by Crippen LogP contribution is 2.29. The molecular weight excluding hydrogens is 226 g/mol. The lowest BCUT2D eigenvalue weighted by atomic mass is 10.1. The van der Waals surface area contributed by atoms with Gasteiger partial charge in [0.25, 0.3) is 0 Å². The largest absolute Gasteiger partial charge is 0.476 e. The zero-order valence-electron chi connectivity index (χ0n) is 9.02. The van der Waals surface area contributed by atoms with Crippen LogP contribution in [-0.4, -0.2) is 22.0 Å². The second-order valence-electron chi connectivity index (χ2n) is 4.15. The first kappa shape index (κ1) is 11.5. The number of hydrogen-bond donors (Lipinski definition) is 1. The fourth-order valence-corrected chi connectivity index (χ4v) is 3.11. The molecule has 0 atom stereocenters. The smallest absolute Gasteiger partial charge is 0.358 e. The summed E-state index contributed by atoms with van der Waals surface area (Å²) in [5.74, 6) is 2.32. The zero-order valence-corrected chi connectivity index (χ0v) is 9.83. The van der Waals surface area contributed by atoms with Gasteiger partial charge in [0.15, 0.2) is 5.69 Å². The SMILES string of the molecule is O=C(O)c1cc(CSCC2CCCC2)on1. The summed E-state index contributed by atoms with van der Waals surface area (Å²) in [6, 6.07) is 1.50. The lowest BCUT2D eigenvalue weighted by molar-refractivity contribution is 0.0685. The molecule has 1 N–H and O–H groups in total. The van der Waals surface area contributed by atoms with Crippen LogP contribution in [-0.2, 0) is 5.75 Å². The molecule has 16 heavy (non-hydrogen) atoms. The molecule has 0 amide bonds. The van der Waals surface area contributed by atoms with Crippen molar-refractivity contribution in [3.8, 4) is 0 Å². The fraction of sp³-hybridized carbons (Fsp3) is 0.636. The maximum atomic E-state index is 10.6. The molecule has 5 heteroatoms. The fourth-order valence-electron chi connectivity index (χ4n) is 1.99. The number of carbonyl (C=O) groups is 1. The summed E-state index contributed by atoms with van der Waals surface area (Å²) < 4.78 is 4.94. The van der Waals surface area contributed by atoms with Crippen molar-refractivity contribution in [2.75, 3.05) is 5.75 Å². The Hall–Kier alpha value is -0.970. The van der Waals surface area contributed by atoms with Crippen molar-refractivity contribution in [1.29, 1.82) is 0 Å². The van der Waals surface area contributed by atoms with Gasteiger partial charge in [-0.05, 0) is 24.5 Å². The maximum Gasteiger partial charge on any atom is 0.358 e. The molecule has 1 saturated carbocycles. The van der Waals surface area contributed by atoms with Crippen molar-refractivity contribution in [3.05, 3.63) is 17.5 Å². The van der Waals surface area contributed by atoms with Crippen LogP contribution < -0.4 is 0 Å². The van der Waals surface area contributed by atoms with Crippen molar-refractivity contribution >= 4 is 17.7 Å². The van der Waals surface area contributed by atoms with Crippen LogP contribution in [0, 0.1) is 5.92 Å². The minimum atomic E-state index is -1.03. The predicted molar refractivity (Wildman–Crippen MR) is 61.6 cm³/mol. The van der Waals surface area contributed by atoms with E-state index in [9.17, 15) is 4.79 Å². The first-order valence-electron chi connectivity index (χ1n) is 5.52. The molecule has 0 aromatic carbocycles. The number of nitrogens with zero attached hydrogens (tertiary/aromatic N) is 1. The topological polar surface area (TPSA) is 63.3 Å². The minimum absolute atomic E-state index is 0.00327. The first-order chi connectivity index (χ1) is 7.75. The number of hydrogen-bond acceptors (Lipinski definition) is 4. The third-order valence-corrected chi connectivity index (χ3v) is 4.05. The Labute approximate surface area is 98.4 Å². The summed E-state index contributed by atoms with van der Waals surface area (Å²) in [5.41, 5.74) is -0.00327. The molecule has 1 aliphatic carbocycles. The van der Waals surface area contributed by atoms with Crippen molar-refractivity contribution in [3.63, 3.8) is 0 Å². The zero-order chi connectivity index (χ0) is 11.4.